The second kappa shape index (κ2) is 9.00. The summed E-state index contributed by atoms with van der Waals surface area (Å²) in [4.78, 5) is 25.0. The Bertz CT molecular complexity index is 1260. The van der Waals surface area contributed by atoms with E-state index in [0.29, 0.717) is 17.5 Å². The molecule has 10 nitrogen and oxygen atoms in total. The van der Waals surface area contributed by atoms with Crippen molar-refractivity contribution in [1.82, 2.24) is 35.1 Å². The number of aromatic nitrogens is 5. The summed E-state index contributed by atoms with van der Waals surface area (Å²) in [6.07, 6.45) is 3.27. The molecular formula is C23H27N9O. The minimum atomic E-state index is 0.0465. The van der Waals surface area contributed by atoms with Gasteiger partial charge in [-0.15, -0.1) is 0 Å². The van der Waals surface area contributed by atoms with Gasteiger partial charge in [0.15, 0.2) is 11.6 Å². The van der Waals surface area contributed by atoms with Crippen molar-refractivity contribution >= 4 is 28.6 Å². The minimum Gasteiger partial charge on any atom is -0.503 e. The summed E-state index contributed by atoms with van der Waals surface area (Å²) in [6.45, 7) is 5.06. The number of anilines is 3. The number of piperazine rings is 1. The van der Waals surface area contributed by atoms with Crippen molar-refractivity contribution in [3.63, 3.8) is 0 Å². The van der Waals surface area contributed by atoms with E-state index in [-0.39, 0.29) is 5.75 Å². The lowest BCUT2D eigenvalue weighted by molar-refractivity contribution is 0.233. The first-order valence-electron chi connectivity index (χ1n) is 10.9. The predicted molar refractivity (Wildman–Crippen MR) is 129 cm³/mol. The van der Waals surface area contributed by atoms with Crippen LogP contribution in [0.3, 0.4) is 0 Å². The number of H-pyrrole nitrogens is 1. The third-order valence-electron chi connectivity index (χ3n) is 5.67. The van der Waals surface area contributed by atoms with E-state index in [1.807, 2.05) is 44.6 Å². The van der Waals surface area contributed by atoms with E-state index in [0.717, 1.165) is 55.1 Å². The molecule has 0 unspecified atom stereocenters. The number of hydrogen-bond acceptors (Lipinski definition) is 9. The standard InChI is InChI=1S/C23H27N9O/c1-31(2)22-21(33)20(26-14-27-22)16-3-4-17-18(12-16)29-23(28-17)30-19-11-15(5-6-25-19)13-32-9-7-24-8-10-32/h3-6,11-12,14,24,33H,7-10,13H2,1-2H3,(H2,25,28,29,30). The molecule has 4 aromatic rings. The highest BCUT2D eigenvalue weighted by molar-refractivity contribution is 5.85. The van der Waals surface area contributed by atoms with Crippen molar-refractivity contribution in [2.45, 2.75) is 6.54 Å². The molecule has 1 saturated heterocycles. The number of hydrogen-bond donors (Lipinski definition) is 4. The van der Waals surface area contributed by atoms with Crippen molar-refractivity contribution in [3.05, 3.63) is 48.4 Å². The van der Waals surface area contributed by atoms with Crippen LogP contribution in [0.2, 0.25) is 0 Å². The monoisotopic (exact) mass is 445 g/mol. The smallest absolute Gasteiger partial charge is 0.206 e. The molecule has 170 valence electrons. The number of nitrogens with one attached hydrogen (secondary N) is 3. The van der Waals surface area contributed by atoms with Gasteiger partial charge in [0.05, 0.1) is 11.0 Å². The molecular weight excluding hydrogens is 418 g/mol. The summed E-state index contributed by atoms with van der Waals surface area (Å²) in [5.41, 5.74) is 4.10. The molecule has 33 heavy (non-hydrogen) atoms. The maximum Gasteiger partial charge on any atom is 0.206 e. The van der Waals surface area contributed by atoms with E-state index in [2.05, 4.69) is 46.5 Å². The third kappa shape index (κ3) is 4.57. The summed E-state index contributed by atoms with van der Waals surface area (Å²) >= 11 is 0. The zero-order valence-corrected chi connectivity index (χ0v) is 18.7. The fraction of sp³-hybridized carbons (Fsp3) is 0.304. The lowest BCUT2D eigenvalue weighted by atomic mass is 10.1. The van der Waals surface area contributed by atoms with Gasteiger partial charge in [-0.1, -0.05) is 6.07 Å². The average Bonchev–Trinajstić information content (AvgIpc) is 3.21. The number of pyridine rings is 1. The molecule has 1 aliphatic heterocycles. The molecule has 0 amide bonds. The van der Waals surface area contributed by atoms with Gasteiger partial charge in [0.1, 0.15) is 17.8 Å². The van der Waals surface area contributed by atoms with Crippen LogP contribution in [0.25, 0.3) is 22.3 Å². The van der Waals surface area contributed by atoms with Crippen LogP contribution in [0.4, 0.5) is 17.6 Å². The molecule has 0 bridgehead atoms. The molecule has 4 N–H and O–H groups in total. The number of aromatic hydroxyl groups is 1. The average molecular weight is 446 g/mol. The fourth-order valence-corrected chi connectivity index (χ4v) is 4.01. The number of rotatable bonds is 6. The van der Waals surface area contributed by atoms with Crippen LogP contribution in [0, 0.1) is 0 Å². The first kappa shape index (κ1) is 21.1. The molecule has 1 aliphatic rings. The number of aromatic amines is 1. The maximum atomic E-state index is 10.6. The first-order chi connectivity index (χ1) is 16.1. The van der Waals surface area contributed by atoms with E-state index in [1.165, 1.54) is 11.9 Å². The van der Waals surface area contributed by atoms with Crippen LogP contribution >= 0.6 is 0 Å². The highest BCUT2D eigenvalue weighted by atomic mass is 16.3. The molecule has 4 heterocycles. The summed E-state index contributed by atoms with van der Waals surface area (Å²) in [5.74, 6) is 1.87. The van der Waals surface area contributed by atoms with Crippen molar-refractivity contribution in [2.75, 3.05) is 50.5 Å². The van der Waals surface area contributed by atoms with Gasteiger partial charge in [0, 0.05) is 58.6 Å². The quantitative estimate of drug-likeness (QED) is 0.355. The predicted octanol–water partition coefficient (Wildman–Crippen LogP) is 2.34. The van der Waals surface area contributed by atoms with Gasteiger partial charge in [0.25, 0.3) is 0 Å². The van der Waals surface area contributed by atoms with Gasteiger partial charge in [-0.25, -0.2) is 19.9 Å². The zero-order valence-electron chi connectivity index (χ0n) is 18.7. The summed E-state index contributed by atoms with van der Waals surface area (Å²) in [7, 11) is 3.66. The topological polar surface area (TPSA) is 118 Å². The summed E-state index contributed by atoms with van der Waals surface area (Å²) < 4.78 is 0. The van der Waals surface area contributed by atoms with Crippen LogP contribution in [0.1, 0.15) is 5.56 Å². The van der Waals surface area contributed by atoms with Gasteiger partial charge < -0.3 is 25.6 Å². The third-order valence-corrected chi connectivity index (χ3v) is 5.67. The molecule has 5 rings (SSSR count). The van der Waals surface area contributed by atoms with Crippen molar-refractivity contribution in [1.29, 1.82) is 0 Å². The van der Waals surface area contributed by atoms with E-state index in [9.17, 15) is 5.11 Å². The van der Waals surface area contributed by atoms with Gasteiger partial charge in [0.2, 0.25) is 5.95 Å². The first-order valence-corrected chi connectivity index (χ1v) is 10.9. The molecule has 1 fully saturated rings. The molecule has 3 aromatic heterocycles. The highest BCUT2D eigenvalue weighted by Gasteiger charge is 2.15. The van der Waals surface area contributed by atoms with Gasteiger partial charge in [-0.2, -0.15) is 0 Å². The van der Waals surface area contributed by atoms with Crippen molar-refractivity contribution in [2.24, 2.45) is 0 Å². The second-order valence-corrected chi connectivity index (χ2v) is 8.31. The Morgan fingerprint density at radius 2 is 1.94 bits per heavy atom. The molecule has 10 heteroatoms. The van der Waals surface area contributed by atoms with Crippen molar-refractivity contribution in [3.8, 4) is 17.0 Å². The number of nitrogens with zero attached hydrogens (tertiary/aromatic N) is 6. The van der Waals surface area contributed by atoms with Crippen LogP contribution in [0.15, 0.2) is 42.9 Å². The second-order valence-electron chi connectivity index (χ2n) is 8.31. The van der Waals surface area contributed by atoms with Crippen LogP contribution in [-0.4, -0.2) is 75.2 Å². The van der Waals surface area contributed by atoms with Crippen molar-refractivity contribution < 1.29 is 5.11 Å². The van der Waals surface area contributed by atoms with Gasteiger partial charge in [-0.3, -0.25) is 4.90 Å². The molecule has 0 aliphatic carbocycles. The van der Waals surface area contributed by atoms with E-state index < -0.39 is 0 Å². The molecule has 0 atom stereocenters. The van der Waals surface area contributed by atoms with E-state index >= 15 is 0 Å². The Morgan fingerprint density at radius 3 is 2.76 bits per heavy atom. The number of benzene rings is 1. The van der Waals surface area contributed by atoms with Crippen LogP contribution in [0.5, 0.6) is 5.75 Å². The molecule has 0 spiro atoms. The molecule has 0 saturated carbocycles. The van der Waals surface area contributed by atoms with Gasteiger partial charge >= 0.3 is 0 Å². The van der Waals surface area contributed by atoms with Gasteiger partial charge in [-0.05, 0) is 29.8 Å². The summed E-state index contributed by atoms with van der Waals surface area (Å²) in [6, 6.07) is 9.82. The largest absolute Gasteiger partial charge is 0.503 e. The van der Waals surface area contributed by atoms with E-state index in [1.54, 1.807) is 4.90 Å². The number of fused-ring (bicyclic) bond motifs is 1. The number of imidazole rings is 1. The fourth-order valence-electron chi connectivity index (χ4n) is 4.01. The lowest BCUT2D eigenvalue weighted by Crippen LogP contribution is -2.42. The maximum absolute atomic E-state index is 10.6. The van der Waals surface area contributed by atoms with Crippen LogP contribution in [-0.2, 0) is 6.54 Å². The summed E-state index contributed by atoms with van der Waals surface area (Å²) in [5, 5.41) is 17.3. The Balaban J connectivity index is 1.37. The highest BCUT2D eigenvalue weighted by Crippen LogP contribution is 2.34. The lowest BCUT2D eigenvalue weighted by Gasteiger charge is -2.27. The Morgan fingerprint density at radius 1 is 1.09 bits per heavy atom. The Kier molecular flexibility index (Phi) is 5.76. The Hall–Kier alpha value is -3.76. The Labute approximate surface area is 191 Å². The molecule has 0 radical (unpaired) electrons. The van der Waals surface area contributed by atoms with Crippen LogP contribution < -0.4 is 15.5 Å². The zero-order chi connectivity index (χ0) is 22.8. The molecule has 1 aromatic carbocycles. The van der Waals surface area contributed by atoms with E-state index in [4.69, 9.17) is 0 Å². The minimum absolute atomic E-state index is 0.0465. The normalized spacial score (nSPS) is 14.5. The SMILES string of the molecule is CN(C)c1ncnc(-c2ccc3nc(Nc4cc(CN5CCNCC5)ccn4)[nH]c3c2)c1O.